The van der Waals surface area contributed by atoms with Crippen LogP contribution in [0.2, 0.25) is 0 Å². The molecule has 0 saturated carbocycles. The monoisotopic (exact) mass is 440 g/mol. The minimum atomic E-state index is 0.451. The molecule has 2 aromatic heterocycles. The lowest BCUT2D eigenvalue weighted by Crippen LogP contribution is -2.26. The number of nitrogens with one attached hydrogen (secondary N) is 3. The number of nitrogens with zero attached hydrogens (tertiary/aromatic N) is 3. The second kappa shape index (κ2) is 9.03. The van der Waals surface area contributed by atoms with Gasteiger partial charge in [0.1, 0.15) is 11.5 Å². The second-order valence-electron chi connectivity index (χ2n) is 8.44. The van der Waals surface area contributed by atoms with E-state index in [-0.39, 0.29) is 0 Å². The molecule has 7 heteroatoms. The van der Waals surface area contributed by atoms with Crippen LogP contribution in [0.5, 0.6) is 5.88 Å². The molecule has 168 valence electrons. The molecule has 1 aromatic carbocycles. The van der Waals surface area contributed by atoms with E-state index in [2.05, 4.69) is 57.6 Å². The number of fused-ring (bicyclic) bond motifs is 1. The van der Waals surface area contributed by atoms with E-state index in [4.69, 9.17) is 9.72 Å². The van der Waals surface area contributed by atoms with Gasteiger partial charge in [-0.25, -0.2) is 9.97 Å². The first-order valence-corrected chi connectivity index (χ1v) is 11.2. The molecule has 7 nitrogen and oxygen atoms in total. The van der Waals surface area contributed by atoms with Gasteiger partial charge in [0.05, 0.1) is 25.2 Å². The van der Waals surface area contributed by atoms with Crippen molar-refractivity contribution in [1.29, 1.82) is 0 Å². The number of hydrogen-bond donors (Lipinski definition) is 3. The van der Waals surface area contributed by atoms with Crippen molar-refractivity contribution < 1.29 is 4.74 Å². The molecule has 0 radical (unpaired) electrons. The van der Waals surface area contributed by atoms with E-state index in [9.17, 15) is 0 Å². The number of methoxy groups -OCH3 is 1. The summed E-state index contributed by atoms with van der Waals surface area (Å²) in [7, 11) is 1.58. The first-order chi connectivity index (χ1) is 16.1. The number of aromatic nitrogens is 3. The van der Waals surface area contributed by atoms with Gasteiger partial charge >= 0.3 is 0 Å². The quantitative estimate of drug-likeness (QED) is 0.534. The Kier molecular flexibility index (Phi) is 5.79. The smallest absolute Gasteiger partial charge is 0.232 e. The standard InChI is InChI=1S/C26H28N6O/c1-16-12-20(4-5-21(16)18-6-9-27-10-7-18)30-26-25-17(2)29-11-8-19(25)13-22(32-26)23-14-28-15-24(31-23)33-3/h4-5,8,11-15,18,27,29H,2,6-7,9-10H2,1,3H3,(H,30,32). The zero-order valence-corrected chi connectivity index (χ0v) is 19.0. The molecule has 2 aliphatic heterocycles. The minimum Gasteiger partial charge on any atom is -0.480 e. The van der Waals surface area contributed by atoms with Gasteiger partial charge in [0, 0.05) is 23.1 Å². The number of benzene rings is 1. The van der Waals surface area contributed by atoms with Gasteiger partial charge in [0.25, 0.3) is 0 Å². The molecule has 0 atom stereocenters. The van der Waals surface area contributed by atoms with E-state index in [1.807, 2.05) is 18.3 Å². The predicted octanol–water partition coefficient (Wildman–Crippen LogP) is 4.61. The Bertz CT molecular complexity index is 1230. The van der Waals surface area contributed by atoms with Gasteiger partial charge < -0.3 is 20.7 Å². The second-order valence-corrected chi connectivity index (χ2v) is 8.44. The average molecular weight is 441 g/mol. The van der Waals surface area contributed by atoms with Crippen molar-refractivity contribution in [3.8, 4) is 17.3 Å². The van der Waals surface area contributed by atoms with Gasteiger partial charge in [0.2, 0.25) is 5.88 Å². The fourth-order valence-corrected chi connectivity index (χ4v) is 4.59. The summed E-state index contributed by atoms with van der Waals surface area (Å²) < 4.78 is 5.25. The van der Waals surface area contributed by atoms with Gasteiger partial charge in [-0.2, -0.15) is 0 Å². The molecule has 0 amide bonds. The van der Waals surface area contributed by atoms with Gasteiger partial charge in [-0.05, 0) is 79.7 Å². The lowest BCUT2D eigenvalue weighted by Gasteiger charge is -2.25. The maximum atomic E-state index is 5.25. The van der Waals surface area contributed by atoms with Crippen LogP contribution in [0.3, 0.4) is 0 Å². The molecule has 1 saturated heterocycles. The molecule has 0 aliphatic carbocycles. The first kappa shape index (κ1) is 21.2. The highest BCUT2D eigenvalue weighted by molar-refractivity contribution is 5.86. The molecule has 33 heavy (non-hydrogen) atoms. The zero-order valence-electron chi connectivity index (χ0n) is 19.0. The number of anilines is 2. The lowest BCUT2D eigenvalue weighted by molar-refractivity contribution is 0.396. The Morgan fingerprint density at radius 3 is 2.73 bits per heavy atom. The lowest BCUT2D eigenvalue weighted by atomic mass is 9.87. The molecule has 4 heterocycles. The Morgan fingerprint density at radius 2 is 1.94 bits per heavy atom. The van der Waals surface area contributed by atoms with Crippen molar-refractivity contribution in [3.63, 3.8) is 0 Å². The van der Waals surface area contributed by atoms with Crippen LogP contribution in [-0.4, -0.2) is 35.2 Å². The Labute approximate surface area is 194 Å². The van der Waals surface area contributed by atoms with Crippen molar-refractivity contribution in [1.82, 2.24) is 25.6 Å². The maximum absolute atomic E-state index is 5.25. The summed E-state index contributed by atoms with van der Waals surface area (Å²) in [5, 5.41) is 10.2. The van der Waals surface area contributed by atoms with Crippen LogP contribution < -0.4 is 20.7 Å². The van der Waals surface area contributed by atoms with Crippen molar-refractivity contribution in [3.05, 3.63) is 71.7 Å². The van der Waals surface area contributed by atoms with Crippen molar-refractivity contribution in [2.45, 2.75) is 25.7 Å². The van der Waals surface area contributed by atoms with E-state index in [0.29, 0.717) is 23.2 Å². The Balaban J connectivity index is 1.52. The number of aryl methyl sites for hydroxylation is 1. The normalized spacial score (nSPS) is 15.6. The van der Waals surface area contributed by atoms with Gasteiger partial charge in [-0.15, -0.1) is 0 Å². The summed E-state index contributed by atoms with van der Waals surface area (Å²) >= 11 is 0. The molecule has 5 rings (SSSR count). The SMILES string of the molecule is C=C1NC=Cc2cc(-c3cncc(OC)n3)nc(Nc3ccc(C4CCNCC4)c(C)c3)c21. The van der Waals surface area contributed by atoms with Crippen LogP contribution in [-0.2, 0) is 0 Å². The number of pyridine rings is 1. The molecule has 0 bridgehead atoms. The van der Waals surface area contributed by atoms with E-state index < -0.39 is 0 Å². The van der Waals surface area contributed by atoms with Crippen LogP contribution in [0.15, 0.2) is 49.4 Å². The summed E-state index contributed by atoms with van der Waals surface area (Å²) in [6, 6.07) is 8.60. The van der Waals surface area contributed by atoms with Crippen molar-refractivity contribution in [2.75, 3.05) is 25.5 Å². The molecular formula is C26H28N6O. The Morgan fingerprint density at radius 1 is 1.09 bits per heavy atom. The molecule has 1 fully saturated rings. The molecule has 3 aromatic rings. The van der Waals surface area contributed by atoms with E-state index in [1.54, 1.807) is 19.5 Å². The number of rotatable bonds is 5. The third-order valence-corrected chi connectivity index (χ3v) is 6.27. The third-order valence-electron chi connectivity index (χ3n) is 6.27. The number of hydrogen-bond acceptors (Lipinski definition) is 7. The predicted molar refractivity (Wildman–Crippen MR) is 132 cm³/mol. The van der Waals surface area contributed by atoms with Crippen LogP contribution in [0.4, 0.5) is 11.5 Å². The van der Waals surface area contributed by atoms with Crippen LogP contribution >= 0.6 is 0 Å². The maximum Gasteiger partial charge on any atom is 0.232 e. The van der Waals surface area contributed by atoms with E-state index in [0.717, 1.165) is 41.4 Å². The fraction of sp³-hybridized carbons (Fsp3) is 0.269. The molecule has 0 unspecified atom stereocenters. The number of piperidine rings is 1. The summed E-state index contributed by atoms with van der Waals surface area (Å²) in [6.45, 7) is 8.55. The van der Waals surface area contributed by atoms with Crippen LogP contribution in [0.1, 0.15) is 41.0 Å². The highest BCUT2D eigenvalue weighted by Gasteiger charge is 2.20. The van der Waals surface area contributed by atoms with E-state index in [1.165, 1.54) is 24.0 Å². The highest BCUT2D eigenvalue weighted by Crippen LogP contribution is 2.35. The summed E-state index contributed by atoms with van der Waals surface area (Å²) in [5.74, 6) is 1.80. The summed E-state index contributed by atoms with van der Waals surface area (Å²) in [5.41, 5.74) is 7.85. The highest BCUT2D eigenvalue weighted by atomic mass is 16.5. The minimum absolute atomic E-state index is 0.451. The van der Waals surface area contributed by atoms with Gasteiger partial charge in [-0.3, -0.25) is 4.98 Å². The van der Waals surface area contributed by atoms with Gasteiger partial charge in [0.15, 0.2) is 0 Å². The van der Waals surface area contributed by atoms with E-state index >= 15 is 0 Å². The largest absolute Gasteiger partial charge is 0.480 e. The zero-order chi connectivity index (χ0) is 22.8. The molecule has 0 spiro atoms. The summed E-state index contributed by atoms with van der Waals surface area (Å²) in [4.78, 5) is 13.7. The van der Waals surface area contributed by atoms with Crippen LogP contribution in [0.25, 0.3) is 23.2 Å². The van der Waals surface area contributed by atoms with Crippen molar-refractivity contribution >= 4 is 23.3 Å². The van der Waals surface area contributed by atoms with Crippen LogP contribution in [0, 0.1) is 6.92 Å². The topological polar surface area (TPSA) is 84.0 Å². The molecule has 3 N–H and O–H groups in total. The third kappa shape index (κ3) is 4.32. The summed E-state index contributed by atoms with van der Waals surface area (Å²) in [6.07, 6.45) is 9.54. The first-order valence-electron chi connectivity index (χ1n) is 11.2. The molecular weight excluding hydrogens is 412 g/mol. The fourth-order valence-electron chi connectivity index (χ4n) is 4.59. The van der Waals surface area contributed by atoms with Crippen molar-refractivity contribution in [2.24, 2.45) is 0 Å². The van der Waals surface area contributed by atoms with Gasteiger partial charge in [-0.1, -0.05) is 12.6 Å². The Hall–Kier alpha value is -3.71. The average Bonchev–Trinajstić information content (AvgIpc) is 2.84. The number of ether oxygens (including phenoxy) is 1. The molecule has 2 aliphatic rings.